The molecule has 116 valence electrons. The number of rotatable bonds is 7. The van der Waals surface area contributed by atoms with Crippen LogP contribution in [0.1, 0.15) is 32.6 Å². The van der Waals surface area contributed by atoms with E-state index < -0.39 is 0 Å². The van der Waals surface area contributed by atoms with E-state index in [0.717, 1.165) is 25.2 Å². The Morgan fingerprint density at radius 3 is 2.95 bits per heavy atom. The van der Waals surface area contributed by atoms with Gasteiger partial charge in [-0.1, -0.05) is 6.92 Å². The number of aromatic nitrogens is 2. The predicted octanol–water partition coefficient (Wildman–Crippen LogP) is 1.23. The quantitative estimate of drug-likeness (QED) is 0.756. The summed E-state index contributed by atoms with van der Waals surface area (Å²) in [7, 11) is 1.71. The van der Waals surface area contributed by atoms with Crippen LogP contribution in [-0.2, 0) is 16.1 Å². The Morgan fingerprint density at radius 1 is 1.52 bits per heavy atom. The molecule has 0 aromatic carbocycles. The summed E-state index contributed by atoms with van der Waals surface area (Å²) in [5, 5.41) is 4.21. The largest absolute Gasteiger partial charge is 0.380 e. The second-order valence-corrected chi connectivity index (χ2v) is 5.36. The van der Waals surface area contributed by atoms with Crippen molar-refractivity contribution in [2.45, 2.75) is 45.3 Å². The van der Waals surface area contributed by atoms with E-state index in [1.165, 1.54) is 4.68 Å². The number of carbonyl (C=O) groups excluding carboxylic acids is 1. The van der Waals surface area contributed by atoms with E-state index in [1.807, 2.05) is 6.92 Å². The van der Waals surface area contributed by atoms with Crippen LogP contribution in [0.25, 0.3) is 0 Å². The lowest BCUT2D eigenvalue weighted by Gasteiger charge is -2.18. The Morgan fingerprint density at radius 2 is 2.33 bits per heavy atom. The molecule has 0 radical (unpaired) electrons. The number of carbonyl (C=O) groups is 1. The molecular formula is C15H23N3O3. The predicted molar refractivity (Wildman–Crippen MR) is 80.7 cm³/mol. The third-order valence-electron chi connectivity index (χ3n) is 3.92. The van der Waals surface area contributed by atoms with Crippen LogP contribution in [0.3, 0.4) is 0 Å². The van der Waals surface area contributed by atoms with Crippen molar-refractivity contribution in [3.8, 4) is 0 Å². The summed E-state index contributed by atoms with van der Waals surface area (Å²) in [6.07, 6.45) is 4.64. The van der Waals surface area contributed by atoms with Gasteiger partial charge < -0.3 is 9.64 Å². The van der Waals surface area contributed by atoms with Crippen LogP contribution < -0.4 is 10.5 Å². The number of hydrogen-bond donors (Lipinski definition) is 0. The molecule has 6 nitrogen and oxygen atoms in total. The zero-order valence-corrected chi connectivity index (χ0v) is 12.7. The van der Waals surface area contributed by atoms with Crippen molar-refractivity contribution >= 4 is 11.5 Å². The Bertz CT molecular complexity index is 541. The van der Waals surface area contributed by atoms with Gasteiger partial charge in [0.05, 0.1) is 18.0 Å². The molecular weight excluding hydrogens is 270 g/mol. The number of aryl methyl sites for hydroxylation is 1. The van der Waals surface area contributed by atoms with Gasteiger partial charge in [0.25, 0.3) is 5.56 Å². The molecule has 1 aliphatic rings. The molecule has 1 atom stereocenters. The first-order valence-electron chi connectivity index (χ1n) is 7.50. The van der Waals surface area contributed by atoms with Gasteiger partial charge in [0.2, 0.25) is 0 Å². The highest BCUT2D eigenvalue weighted by atomic mass is 16.5. The minimum Gasteiger partial charge on any atom is -0.380 e. The van der Waals surface area contributed by atoms with Crippen LogP contribution in [0.5, 0.6) is 0 Å². The number of ether oxygens (including phenoxy) is 1. The second kappa shape index (κ2) is 7.36. The van der Waals surface area contributed by atoms with Gasteiger partial charge in [-0.3, -0.25) is 9.59 Å². The third-order valence-corrected chi connectivity index (χ3v) is 3.92. The van der Waals surface area contributed by atoms with Gasteiger partial charge in [-0.05, 0) is 12.8 Å². The van der Waals surface area contributed by atoms with Crippen molar-refractivity contribution in [3.05, 3.63) is 22.6 Å². The molecule has 0 N–H and O–H groups in total. The van der Waals surface area contributed by atoms with Crippen LogP contribution in [0.4, 0.5) is 5.69 Å². The molecule has 1 unspecified atom stereocenters. The second-order valence-electron chi connectivity index (χ2n) is 5.36. The first kappa shape index (κ1) is 15.7. The minimum absolute atomic E-state index is 0.114. The monoisotopic (exact) mass is 293 g/mol. The maximum Gasteiger partial charge on any atom is 0.268 e. The number of anilines is 1. The zero-order valence-electron chi connectivity index (χ0n) is 12.7. The molecule has 0 bridgehead atoms. The summed E-state index contributed by atoms with van der Waals surface area (Å²) >= 11 is 0. The lowest BCUT2D eigenvalue weighted by molar-refractivity contribution is -0.118. The molecule has 0 spiro atoms. The summed E-state index contributed by atoms with van der Waals surface area (Å²) < 4.78 is 6.75. The lowest BCUT2D eigenvalue weighted by Crippen LogP contribution is -2.27. The minimum atomic E-state index is -0.114. The molecule has 0 aliphatic carbocycles. The normalized spacial score (nSPS) is 18.2. The van der Waals surface area contributed by atoms with E-state index in [1.54, 1.807) is 19.4 Å². The van der Waals surface area contributed by atoms with Gasteiger partial charge >= 0.3 is 0 Å². The van der Waals surface area contributed by atoms with Gasteiger partial charge in [-0.15, -0.1) is 0 Å². The molecule has 1 aliphatic heterocycles. The maximum absolute atomic E-state index is 12.1. The smallest absolute Gasteiger partial charge is 0.268 e. The van der Waals surface area contributed by atoms with Crippen LogP contribution in [0, 0.1) is 0 Å². The summed E-state index contributed by atoms with van der Waals surface area (Å²) in [5.41, 5.74) is 0.734. The van der Waals surface area contributed by atoms with Crippen LogP contribution in [0.15, 0.2) is 17.1 Å². The number of methoxy groups -OCH3 is 1. The standard InChI is InChI=1S/C15H23N3O3/c1-3-13(19)5-4-7-18-15(20)9-12(10-16-18)17-8-6-14(11-17)21-2/h9-10,14H,3-8,11H2,1-2H3. The Labute approximate surface area is 124 Å². The Balaban J connectivity index is 1.95. The first-order valence-corrected chi connectivity index (χ1v) is 7.50. The number of nitrogens with zero attached hydrogens (tertiary/aromatic N) is 3. The number of Topliss-reactive ketones (excluding diaryl/α,β-unsaturated/α-hetero) is 1. The van der Waals surface area contributed by atoms with E-state index in [2.05, 4.69) is 10.00 Å². The molecule has 0 amide bonds. The zero-order chi connectivity index (χ0) is 15.2. The molecule has 1 fully saturated rings. The van der Waals surface area contributed by atoms with E-state index in [9.17, 15) is 9.59 Å². The highest BCUT2D eigenvalue weighted by Crippen LogP contribution is 2.19. The molecule has 6 heteroatoms. The maximum atomic E-state index is 12.1. The van der Waals surface area contributed by atoms with E-state index >= 15 is 0 Å². The number of ketones is 1. The SMILES string of the molecule is CCC(=O)CCCn1ncc(N2CCC(OC)C2)cc1=O. The van der Waals surface area contributed by atoms with E-state index in [4.69, 9.17) is 4.74 Å². The van der Waals surface area contributed by atoms with Gasteiger partial charge in [-0.2, -0.15) is 5.10 Å². The molecule has 0 saturated carbocycles. The molecule has 2 rings (SSSR count). The topological polar surface area (TPSA) is 64.4 Å². The summed E-state index contributed by atoms with van der Waals surface area (Å²) in [5.74, 6) is 0.224. The Hall–Kier alpha value is -1.69. The van der Waals surface area contributed by atoms with Crippen molar-refractivity contribution in [3.63, 3.8) is 0 Å². The third kappa shape index (κ3) is 4.14. The molecule has 1 aromatic rings. The van der Waals surface area contributed by atoms with Crippen LogP contribution in [-0.4, -0.2) is 41.9 Å². The summed E-state index contributed by atoms with van der Waals surface area (Å²) in [6, 6.07) is 1.62. The lowest BCUT2D eigenvalue weighted by atomic mass is 10.2. The average molecular weight is 293 g/mol. The Kier molecular flexibility index (Phi) is 5.50. The molecule has 1 saturated heterocycles. The van der Waals surface area contributed by atoms with Crippen molar-refractivity contribution in [1.29, 1.82) is 0 Å². The highest BCUT2D eigenvalue weighted by Gasteiger charge is 2.22. The van der Waals surface area contributed by atoms with Gasteiger partial charge in [-0.25, -0.2) is 4.68 Å². The van der Waals surface area contributed by atoms with E-state index in [-0.39, 0.29) is 17.4 Å². The summed E-state index contributed by atoms with van der Waals surface area (Å²) in [4.78, 5) is 25.4. The fourth-order valence-corrected chi connectivity index (χ4v) is 2.52. The molecule has 2 heterocycles. The number of hydrogen-bond acceptors (Lipinski definition) is 5. The van der Waals surface area contributed by atoms with Crippen molar-refractivity contribution in [2.75, 3.05) is 25.1 Å². The summed E-state index contributed by atoms with van der Waals surface area (Å²) in [6.45, 7) is 4.03. The fraction of sp³-hybridized carbons (Fsp3) is 0.667. The van der Waals surface area contributed by atoms with Gasteiger partial charge in [0.1, 0.15) is 5.78 Å². The highest BCUT2D eigenvalue weighted by molar-refractivity contribution is 5.77. The van der Waals surface area contributed by atoms with Crippen molar-refractivity contribution < 1.29 is 9.53 Å². The van der Waals surface area contributed by atoms with Gasteiger partial charge in [0.15, 0.2) is 0 Å². The van der Waals surface area contributed by atoms with Crippen LogP contribution >= 0.6 is 0 Å². The average Bonchev–Trinajstić information content (AvgIpc) is 2.97. The van der Waals surface area contributed by atoms with Crippen molar-refractivity contribution in [1.82, 2.24) is 9.78 Å². The van der Waals surface area contributed by atoms with Gasteiger partial charge in [0, 0.05) is 45.7 Å². The van der Waals surface area contributed by atoms with Crippen LogP contribution in [0.2, 0.25) is 0 Å². The fourth-order valence-electron chi connectivity index (χ4n) is 2.52. The van der Waals surface area contributed by atoms with E-state index in [0.29, 0.717) is 25.8 Å². The van der Waals surface area contributed by atoms with Crippen molar-refractivity contribution in [2.24, 2.45) is 0 Å². The molecule has 1 aromatic heterocycles. The first-order chi connectivity index (χ1) is 10.1. The molecule has 21 heavy (non-hydrogen) atoms.